The molecule has 2 heterocycles. The summed E-state index contributed by atoms with van der Waals surface area (Å²) >= 11 is 0. The van der Waals surface area contributed by atoms with Gasteiger partial charge in [-0.1, -0.05) is 0 Å². The van der Waals surface area contributed by atoms with E-state index in [2.05, 4.69) is 34.3 Å². The molecule has 1 unspecified atom stereocenters. The molecule has 0 aliphatic carbocycles. The fourth-order valence-corrected chi connectivity index (χ4v) is 2.03. The molecule has 0 aliphatic heterocycles. The molecule has 19 heavy (non-hydrogen) atoms. The third kappa shape index (κ3) is 3.15. The van der Waals surface area contributed by atoms with Crippen molar-refractivity contribution in [3.8, 4) is 0 Å². The number of nitrogens with zero attached hydrogens (tertiary/aromatic N) is 4. The highest BCUT2D eigenvalue weighted by molar-refractivity contribution is 5.18. The standard InChI is InChI=1S/C13H20N6/c1-9(2)19-13(16-8-17-19)7-12(18-14)11-6-10(3)4-5-15-11/h4-6,8-9,12,18H,7,14H2,1-3H3. The molecule has 0 bridgehead atoms. The molecule has 0 saturated carbocycles. The molecular formula is C13H20N6. The van der Waals surface area contributed by atoms with Gasteiger partial charge < -0.3 is 0 Å². The molecule has 6 nitrogen and oxygen atoms in total. The van der Waals surface area contributed by atoms with Gasteiger partial charge in [0.15, 0.2) is 0 Å². The van der Waals surface area contributed by atoms with Crippen LogP contribution in [0.4, 0.5) is 0 Å². The predicted molar refractivity (Wildman–Crippen MR) is 73.1 cm³/mol. The molecule has 3 N–H and O–H groups in total. The molecule has 0 radical (unpaired) electrons. The van der Waals surface area contributed by atoms with Gasteiger partial charge in [-0.2, -0.15) is 5.10 Å². The van der Waals surface area contributed by atoms with Gasteiger partial charge in [-0.05, 0) is 38.5 Å². The van der Waals surface area contributed by atoms with E-state index >= 15 is 0 Å². The second-order valence-corrected chi connectivity index (χ2v) is 4.90. The molecule has 0 spiro atoms. The van der Waals surface area contributed by atoms with E-state index in [1.165, 1.54) is 0 Å². The van der Waals surface area contributed by atoms with E-state index in [9.17, 15) is 0 Å². The zero-order valence-electron chi connectivity index (χ0n) is 11.5. The van der Waals surface area contributed by atoms with Gasteiger partial charge in [-0.3, -0.25) is 16.3 Å². The fraction of sp³-hybridized carbons (Fsp3) is 0.462. The number of nitrogens with two attached hydrogens (primary N) is 1. The molecule has 0 amide bonds. The first kappa shape index (κ1) is 13.6. The van der Waals surface area contributed by atoms with Crippen molar-refractivity contribution in [3.05, 3.63) is 41.7 Å². The molecule has 2 aromatic heterocycles. The van der Waals surface area contributed by atoms with Gasteiger partial charge in [0.25, 0.3) is 0 Å². The van der Waals surface area contributed by atoms with Crippen molar-refractivity contribution in [1.82, 2.24) is 25.2 Å². The van der Waals surface area contributed by atoms with Crippen LogP contribution in [0.25, 0.3) is 0 Å². The van der Waals surface area contributed by atoms with Crippen LogP contribution in [0, 0.1) is 6.92 Å². The van der Waals surface area contributed by atoms with E-state index in [1.807, 2.05) is 23.7 Å². The Hall–Kier alpha value is -1.79. The Morgan fingerprint density at radius 1 is 1.37 bits per heavy atom. The van der Waals surface area contributed by atoms with Gasteiger partial charge in [-0.15, -0.1) is 0 Å². The lowest BCUT2D eigenvalue weighted by atomic mass is 10.1. The molecule has 1 atom stereocenters. The van der Waals surface area contributed by atoms with Gasteiger partial charge in [0, 0.05) is 18.7 Å². The van der Waals surface area contributed by atoms with Gasteiger partial charge in [0.1, 0.15) is 12.2 Å². The van der Waals surface area contributed by atoms with E-state index in [1.54, 1.807) is 12.5 Å². The number of pyridine rings is 1. The summed E-state index contributed by atoms with van der Waals surface area (Å²) in [5, 5.41) is 4.23. The van der Waals surface area contributed by atoms with Crippen LogP contribution in [0.1, 0.15) is 43.0 Å². The molecule has 0 aromatic carbocycles. The Balaban J connectivity index is 2.22. The molecule has 2 aromatic rings. The molecular weight excluding hydrogens is 240 g/mol. The first-order valence-electron chi connectivity index (χ1n) is 6.39. The summed E-state index contributed by atoms with van der Waals surface area (Å²) < 4.78 is 1.90. The van der Waals surface area contributed by atoms with E-state index in [0.717, 1.165) is 17.1 Å². The molecule has 0 aliphatic rings. The first-order valence-corrected chi connectivity index (χ1v) is 6.39. The maximum atomic E-state index is 5.65. The lowest BCUT2D eigenvalue weighted by molar-refractivity contribution is 0.464. The number of hydrogen-bond acceptors (Lipinski definition) is 5. The van der Waals surface area contributed by atoms with Crippen LogP contribution in [0.3, 0.4) is 0 Å². The summed E-state index contributed by atoms with van der Waals surface area (Å²) in [4.78, 5) is 8.67. The maximum Gasteiger partial charge on any atom is 0.138 e. The largest absolute Gasteiger partial charge is 0.271 e. The number of aryl methyl sites for hydroxylation is 1. The second-order valence-electron chi connectivity index (χ2n) is 4.90. The molecule has 0 fully saturated rings. The van der Waals surface area contributed by atoms with Gasteiger partial charge >= 0.3 is 0 Å². The molecule has 0 saturated heterocycles. The van der Waals surface area contributed by atoms with Crippen LogP contribution in [-0.4, -0.2) is 19.7 Å². The minimum atomic E-state index is -0.0680. The predicted octanol–water partition coefficient (Wildman–Crippen LogP) is 1.31. The van der Waals surface area contributed by atoms with Gasteiger partial charge in [0.2, 0.25) is 0 Å². The van der Waals surface area contributed by atoms with Crippen molar-refractivity contribution >= 4 is 0 Å². The van der Waals surface area contributed by atoms with Crippen molar-refractivity contribution in [2.24, 2.45) is 5.84 Å². The van der Waals surface area contributed by atoms with E-state index < -0.39 is 0 Å². The lowest BCUT2D eigenvalue weighted by Crippen LogP contribution is -2.31. The van der Waals surface area contributed by atoms with Crippen molar-refractivity contribution in [2.45, 2.75) is 39.3 Å². The van der Waals surface area contributed by atoms with Crippen LogP contribution in [0.15, 0.2) is 24.7 Å². The Kier molecular flexibility index (Phi) is 4.24. The highest BCUT2D eigenvalue weighted by atomic mass is 15.3. The number of nitrogens with one attached hydrogen (secondary N) is 1. The number of rotatable bonds is 5. The monoisotopic (exact) mass is 260 g/mol. The normalized spacial score (nSPS) is 12.9. The van der Waals surface area contributed by atoms with E-state index in [4.69, 9.17) is 5.84 Å². The Labute approximate surface area is 113 Å². The van der Waals surface area contributed by atoms with Crippen molar-refractivity contribution in [2.75, 3.05) is 0 Å². The topological polar surface area (TPSA) is 81.7 Å². The summed E-state index contributed by atoms with van der Waals surface area (Å²) in [5.41, 5.74) is 4.89. The number of hydrogen-bond donors (Lipinski definition) is 2. The highest BCUT2D eigenvalue weighted by Crippen LogP contribution is 2.17. The van der Waals surface area contributed by atoms with Crippen LogP contribution >= 0.6 is 0 Å². The molecule has 102 valence electrons. The Morgan fingerprint density at radius 2 is 2.16 bits per heavy atom. The van der Waals surface area contributed by atoms with Crippen LogP contribution in [0.5, 0.6) is 0 Å². The summed E-state index contributed by atoms with van der Waals surface area (Å²) in [6.45, 7) is 6.19. The zero-order valence-corrected chi connectivity index (χ0v) is 11.5. The summed E-state index contributed by atoms with van der Waals surface area (Å²) in [7, 11) is 0. The van der Waals surface area contributed by atoms with Gasteiger partial charge in [0.05, 0.1) is 11.7 Å². The smallest absolute Gasteiger partial charge is 0.138 e. The highest BCUT2D eigenvalue weighted by Gasteiger charge is 2.17. The Bertz CT molecular complexity index is 533. The number of hydrazine groups is 1. The van der Waals surface area contributed by atoms with Crippen molar-refractivity contribution < 1.29 is 0 Å². The zero-order chi connectivity index (χ0) is 13.8. The average Bonchev–Trinajstić information content (AvgIpc) is 2.84. The molecule has 2 rings (SSSR count). The van der Waals surface area contributed by atoms with Crippen LogP contribution in [0.2, 0.25) is 0 Å². The first-order chi connectivity index (χ1) is 9.11. The second kappa shape index (κ2) is 5.90. The van der Waals surface area contributed by atoms with Crippen molar-refractivity contribution in [3.63, 3.8) is 0 Å². The third-order valence-electron chi connectivity index (χ3n) is 3.02. The fourth-order valence-electron chi connectivity index (χ4n) is 2.03. The summed E-state index contributed by atoms with van der Waals surface area (Å²) in [5.74, 6) is 6.55. The quantitative estimate of drug-likeness (QED) is 0.625. The minimum absolute atomic E-state index is 0.0680. The Morgan fingerprint density at radius 3 is 2.79 bits per heavy atom. The van der Waals surface area contributed by atoms with Crippen LogP contribution in [-0.2, 0) is 6.42 Å². The third-order valence-corrected chi connectivity index (χ3v) is 3.02. The minimum Gasteiger partial charge on any atom is -0.271 e. The van der Waals surface area contributed by atoms with Gasteiger partial charge in [-0.25, -0.2) is 9.67 Å². The maximum absolute atomic E-state index is 5.65. The average molecular weight is 260 g/mol. The summed E-state index contributed by atoms with van der Waals surface area (Å²) in [6.07, 6.45) is 4.03. The van der Waals surface area contributed by atoms with E-state index in [0.29, 0.717) is 6.42 Å². The number of aromatic nitrogens is 4. The van der Waals surface area contributed by atoms with Crippen LogP contribution < -0.4 is 11.3 Å². The summed E-state index contributed by atoms with van der Waals surface area (Å²) in [6, 6.07) is 4.21. The SMILES string of the molecule is Cc1ccnc(C(Cc2ncnn2C(C)C)NN)c1. The van der Waals surface area contributed by atoms with Crippen molar-refractivity contribution in [1.29, 1.82) is 0 Å². The van der Waals surface area contributed by atoms with E-state index in [-0.39, 0.29) is 12.1 Å². The molecule has 6 heteroatoms. The lowest BCUT2D eigenvalue weighted by Gasteiger charge is -2.17.